The second kappa shape index (κ2) is 7.72. The summed E-state index contributed by atoms with van der Waals surface area (Å²) in [5, 5.41) is 14.3. The van der Waals surface area contributed by atoms with Gasteiger partial charge in [-0.05, 0) is 25.3 Å². The van der Waals surface area contributed by atoms with Gasteiger partial charge in [0.2, 0.25) is 0 Å². The molecule has 0 saturated carbocycles. The predicted molar refractivity (Wildman–Crippen MR) is 84.7 cm³/mol. The van der Waals surface area contributed by atoms with Crippen LogP contribution in [-0.4, -0.2) is 24.6 Å². The lowest BCUT2D eigenvalue weighted by Gasteiger charge is -2.28. The molecule has 0 aliphatic rings. The maximum atomic E-state index is 11.1. The van der Waals surface area contributed by atoms with Crippen LogP contribution >= 0.6 is 0 Å². The maximum Gasteiger partial charge on any atom is 0.273 e. The molecule has 0 unspecified atom stereocenters. The molecule has 0 heterocycles. The smallest absolute Gasteiger partial charge is 0.273 e. The molecular weight excluding hydrogens is 254 g/mol. The number of nitrogens with zero attached hydrogens (tertiary/aromatic N) is 2. The molecule has 0 fully saturated rings. The van der Waals surface area contributed by atoms with Gasteiger partial charge in [0.1, 0.15) is 0 Å². The van der Waals surface area contributed by atoms with Gasteiger partial charge >= 0.3 is 0 Å². The highest BCUT2D eigenvalue weighted by atomic mass is 16.6. The van der Waals surface area contributed by atoms with Gasteiger partial charge in [-0.2, -0.15) is 0 Å². The molecule has 20 heavy (non-hydrogen) atoms. The van der Waals surface area contributed by atoms with Gasteiger partial charge < -0.3 is 10.2 Å². The van der Waals surface area contributed by atoms with Crippen LogP contribution < -0.4 is 10.2 Å². The summed E-state index contributed by atoms with van der Waals surface area (Å²) in [5.74, 6) is 0. The zero-order chi connectivity index (χ0) is 15.1. The summed E-state index contributed by atoms with van der Waals surface area (Å²) in [4.78, 5) is 12.9. The Kier molecular flexibility index (Phi) is 6.28. The Bertz CT molecular complexity index is 445. The van der Waals surface area contributed by atoms with Gasteiger partial charge in [0.15, 0.2) is 0 Å². The first kappa shape index (κ1) is 16.3. The molecular formula is C15H25N3O2. The number of hydrogen-bond donors (Lipinski definition) is 1. The Morgan fingerprint density at radius 2 is 1.90 bits per heavy atom. The van der Waals surface area contributed by atoms with E-state index in [4.69, 9.17) is 0 Å². The first-order valence-corrected chi connectivity index (χ1v) is 7.29. The van der Waals surface area contributed by atoms with Gasteiger partial charge in [-0.25, -0.2) is 0 Å². The van der Waals surface area contributed by atoms with Crippen molar-refractivity contribution >= 4 is 17.1 Å². The summed E-state index contributed by atoms with van der Waals surface area (Å²) in [6.45, 7) is 7.16. The Hall–Kier alpha value is -1.78. The van der Waals surface area contributed by atoms with Crippen molar-refractivity contribution in [3.05, 3.63) is 28.3 Å². The number of rotatable bonds is 8. The molecule has 0 aliphatic carbocycles. The fraction of sp³-hybridized carbons (Fsp3) is 0.600. The number of nitrogens with one attached hydrogen (secondary N) is 1. The standard InChI is InChI=1S/C15H25N3O2/c1-5-8-16-12-9-14(11-15(10-12)18(19)20)17(4)13(6-2)7-3/h9-11,13,16H,5-8H2,1-4H3. The van der Waals surface area contributed by atoms with E-state index in [9.17, 15) is 10.1 Å². The molecule has 0 atom stereocenters. The summed E-state index contributed by atoms with van der Waals surface area (Å²) < 4.78 is 0. The van der Waals surface area contributed by atoms with E-state index >= 15 is 0 Å². The highest BCUT2D eigenvalue weighted by Gasteiger charge is 2.16. The predicted octanol–water partition coefficient (Wildman–Crippen LogP) is 4.04. The van der Waals surface area contributed by atoms with Crippen molar-refractivity contribution in [2.75, 3.05) is 23.8 Å². The van der Waals surface area contributed by atoms with Gasteiger partial charge in [0.05, 0.1) is 4.92 Å². The second-order valence-electron chi connectivity index (χ2n) is 5.00. The van der Waals surface area contributed by atoms with Crippen molar-refractivity contribution in [1.29, 1.82) is 0 Å². The van der Waals surface area contributed by atoms with E-state index in [0.717, 1.165) is 37.2 Å². The average Bonchev–Trinajstić information content (AvgIpc) is 2.45. The second-order valence-corrected chi connectivity index (χ2v) is 5.00. The lowest BCUT2D eigenvalue weighted by molar-refractivity contribution is -0.384. The van der Waals surface area contributed by atoms with Gasteiger partial charge in [-0.15, -0.1) is 0 Å². The van der Waals surface area contributed by atoms with Crippen molar-refractivity contribution < 1.29 is 4.92 Å². The van der Waals surface area contributed by atoms with E-state index in [1.165, 1.54) is 0 Å². The fourth-order valence-electron chi connectivity index (χ4n) is 2.32. The van der Waals surface area contributed by atoms with Crippen LogP contribution in [0.3, 0.4) is 0 Å². The Morgan fingerprint density at radius 1 is 1.25 bits per heavy atom. The molecule has 0 aliphatic heterocycles. The lowest BCUT2D eigenvalue weighted by atomic mass is 10.1. The molecule has 5 heteroatoms. The molecule has 112 valence electrons. The minimum atomic E-state index is -0.332. The van der Waals surface area contributed by atoms with Crippen molar-refractivity contribution in [1.82, 2.24) is 0 Å². The van der Waals surface area contributed by atoms with Crippen LogP contribution in [0.4, 0.5) is 17.1 Å². The number of non-ortho nitro benzene ring substituents is 1. The van der Waals surface area contributed by atoms with Crippen LogP contribution in [0.2, 0.25) is 0 Å². The maximum absolute atomic E-state index is 11.1. The first-order valence-electron chi connectivity index (χ1n) is 7.29. The molecule has 1 aromatic rings. The largest absolute Gasteiger partial charge is 0.385 e. The third-order valence-electron chi connectivity index (χ3n) is 3.59. The van der Waals surface area contributed by atoms with Gasteiger partial charge in [-0.3, -0.25) is 10.1 Å². The van der Waals surface area contributed by atoms with Crippen molar-refractivity contribution in [2.45, 2.75) is 46.1 Å². The Balaban J connectivity index is 3.10. The van der Waals surface area contributed by atoms with Crippen LogP contribution in [0, 0.1) is 10.1 Å². The van der Waals surface area contributed by atoms with E-state index in [2.05, 4.69) is 31.0 Å². The molecule has 0 bridgehead atoms. The highest BCUT2D eigenvalue weighted by Crippen LogP contribution is 2.28. The van der Waals surface area contributed by atoms with Crippen molar-refractivity contribution in [2.24, 2.45) is 0 Å². The number of nitro groups is 1. The van der Waals surface area contributed by atoms with Gasteiger partial charge in [0, 0.05) is 43.1 Å². The average molecular weight is 279 g/mol. The zero-order valence-electron chi connectivity index (χ0n) is 12.8. The quantitative estimate of drug-likeness (QED) is 0.576. The van der Waals surface area contributed by atoms with E-state index in [1.807, 2.05) is 13.1 Å². The van der Waals surface area contributed by atoms with E-state index < -0.39 is 0 Å². The molecule has 5 nitrogen and oxygen atoms in total. The number of hydrogen-bond acceptors (Lipinski definition) is 4. The molecule has 0 saturated heterocycles. The molecule has 0 amide bonds. The van der Waals surface area contributed by atoms with E-state index in [1.54, 1.807) is 12.1 Å². The fourth-order valence-corrected chi connectivity index (χ4v) is 2.32. The van der Waals surface area contributed by atoms with Gasteiger partial charge in [-0.1, -0.05) is 20.8 Å². The normalized spacial score (nSPS) is 10.7. The van der Waals surface area contributed by atoms with Crippen LogP contribution in [0.5, 0.6) is 0 Å². The van der Waals surface area contributed by atoms with E-state index in [-0.39, 0.29) is 10.6 Å². The number of nitro benzene ring substituents is 1. The molecule has 0 spiro atoms. The highest BCUT2D eigenvalue weighted by molar-refractivity contribution is 5.64. The molecule has 0 aromatic heterocycles. The topological polar surface area (TPSA) is 58.4 Å². The van der Waals surface area contributed by atoms with Crippen LogP contribution in [0.25, 0.3) is 0 Å². The summed E-state index contributed by atoms with van der Waals surface area (Å²) in [6.07, 6.45) is 3.03. The Morgan fingerprint density at radius 3 is 2.40 bits per heavy atom. The molecule has 1 aromatic carbocycles. The monoisotopic (exact) mass is 279 g/mol. The summed E-state index contributed by atoms with van der Waals surface area (Å²) in [7, 11) is 2.00. The third kappa shape index (κ3) is 4.11. The molecule has 1 N–H and O–H groups in total. The number of anilines is 2. The van der Waals surface area contributed by atoms with Crippen LogP contribution in [0.1, 0.15) is 40.0 Å². The van der Waals surface area contributed by atoms with Crippen LogP contribution in [-0.2, 0) is 0 Å². The molecule has 1 rings (SSSR count). The first-order chi connectivity index (χ1) is 9.53. The van der Waals surface area contributed by atoms with Crippen molar-refractivity contribution in [3.8, 4) is 0 Å². The lowest BCUT2D eigenvalue weighted by Crippen LogP contribution is -2.30. The summed E-state index contributed by atoms with van der Waals surface area (Å²) in [5.41, 5.74) is 1.85. The molecule has 0 radical (unpaired) electrons. The van der Waals surface area contributed by atoms with E-state index in [0.29, 0.717) is 6.04 Å². The van der Waals surface area contributed by atoms with Crippen LogP contribution in [0.15, 0.2) is 18.2 Å². The summed E-state index contributed by atoms with van der Waals surface area (Å²) >= 11 is 0. The number of benzene rings is 1. The zero-order valence-corrected chi connectivity index (χ0v) is 12.8. The summed E-state index contributed by atoms with van der Waals surface area (Å²) in [6, 6.07) is 5.63. The third-order valence-corrected chi connectivity index (χ3v) is 3.59. The minimum absolute atomic E-state index is 0.138. The Labute approximate surface area is 121 Å². The van der Waals surface area contributed by atoms with Gasteiger partial charge in [0.25, 0.3) is 5.69 Å². The SMILES string of the molecule is CCCNc1cc(N(C)C(CC)CC)cc([N+](=O)[O-])c1. The van der Waals surface area contributed by atoms with Crippen molar-refractivity contribution in [3.63, 3.8) is 0 Å². The minimum Gasteiger partial charge on any atom is -0.385 e.